The molecule has 1 N–H and O–H groups in total. The molecule has 0 aliphatic carbocycles. The van der Waals surface area contributed by atoms with Gasteiger partial charge in [0.15, 0.2) is 11.5 Å². The second-order valence-corrected chi connectivity index (χ2v) is 4.01. The Labute approximate surface area is 113 Å². The molecule has 0 spiro atoms. The van der Waals surface area contributed by atoms with Crippen molar-refractivity contribution in [3.05, 3.63) is 23.8 Å². The first kappa shape index (κ1) is 14.8. The molecule has 0 aliphatic rings. The Morgan fingerprint density at radius 2 is 2.16 bits per heavy atom. The Balaban J connectivity index is 2.66. The minimum Gasteiger partial charge on any atom is -0.493 e. The van der Waals surface area contributed by atoms with Gasteiger partial charge in [-0.1, -0.05) is 5.16 Å². The van der Waals surface area contributed by atoms with Gasteiger partial charge in [0.05, 0.1) is 25.5 Å². The number of benzene rings is 1. The van der Waals surface area contributed by atoms with Gasteiger partial charge in [0.2, 0.25) is 0 Å². The van der Waals surface area contributed by atoms with Crippen molar-refractivity contribution in [2.75, 3.05) is 13.7 Å². The van der Waals surface area contributed by atoms with Crippen LogP contribution in [0.25, 0.3) is 0 Å². The van der Waals surface area contributed by atoms with Gasteiger partial charge >= 0.3 is 0 Å². The van der Waals surface area contributed by atoms with Gasteiger partial charge in [-0.3, -0.25) is 0 Å². The summed E-state index contributed by atoms with van der Waals surface area (Å²) in [7, 11) is 1.56. The Bertz CT molecular complexity index is 478. The molecule has 0 bridgehead atoms. The van der Waals surface area contributed by atoms with Gasteiger partial charge in [-0.15, -0.1) is 0 Å². The highest BCUT2D eigenvalue weighted by atomic mass is 16.5. The average molecular weight is 262 g/mol. The van der Waals surface area contributed by atoms with Gasteiger partial charge in [0.1, 0.15) is 0 Å². The van der Waals surface area contributed by atoms with Gasteiger partial charge in [0.25, 0.3) is 0 Å². The third-order valence-electron chi connectivity index (χ3n) is 2.67. The molecule has 0 unspecified atom stereocenters. The van der Waals surface area contributed by atoms with Gasteiger partial charge in [-0.05, 0) is 38.0 Å². The van der Waals surface area contributed by atoms with E-state index in [4.69, 9.17) is 19.9 Å². The van der Waals surface area contributed by atoms with E-state index in [2.05, 4.69) is 11.2 Å². The standard InChI is InChI=1S/C14H18N2O3/c1-11(16-17)12-6-7-13(14(10-12)18-2)19-9-5-3-4-8-15/h6-7,10,17H,3-5,9H2,1-2H3. The number of hydrogen-bond donors (Lipinski definition) is 1. The summed E-state index contributed by atoms with van der Waals surface area (Å²) in [5.41, 5.74) is 1.29. The normalized spacial score (nSPS) is 10.9. The van der Waals surface area contributed by atoms with Crippen molar-refractivity contribution >= 4 is 5.71 Å². The quantitative estimate of drug-likeness (QED) is 0.355. The Hall–Kier alpha value is -2.22. The van der Waals surface area contributed by atoms with Crippen LogP contribution in [0, 0.1) is 11.3 Å². The summed E-state index contributed by atoms with van der Waals surface area (Å²) in [6.07, 6.45) is 2.20. The number of nitriles is 1. The third kappa shape index (κ3) is 4.51. The lowest BCUT2D eigenvalue weighted by Crippen LogP contribution is -2.01. The van der Waals surface area contributed by atoms with E-state index < -0.39 is 0 Å². The first-order valence-electron chi connectivity index (χ1n) is 6.09. The number of hydrogen-bond acceptors (Lipinski definition) is 5. The molecule has 0 atom stereocenters. The van der Waals surface area contributed by atoms with Crippen LogP contribution in [-0.4, -0.2) is 24.6 Å². The summed E-state index contributed by atoms with van der Waals surface area (Å²) in [5.74, 6) is 1.25. The average Bonchev–Trinajstić information content (AvgIpc) is 2.46. The van der Waals surface area contributed by atoms with E-state index in [1.165, 1.54) is 0 Å². The van der Waals surface area contributed by atoms with Crippen molar-refractivity contribution < 1.29 is 14.7 Å². The van der Waals surface area contributed by atoms with E-state index in [1.807, 2.05) is 6.07 Å². The topological polar surface area (TPSA) is 74.8 Å². The summed E-state index contributed by atoms with van der Waals surface area (Å²) in [5, 5.41) is 20.3. The largest absolute Gasteiger partial charge is 0.493 e. The van der Waals surface area contributed by atoms with Crippen LogP contribution in [0.15, 0.2) is 23.4 Å². The molecule has 102 valence electrons. The van der Waals surface area contributed by atoms with Crippen molar-refractivity contribution in [2.45, 2.75) is 26.2 Å². The van der Waals surface area contributed by atoms with E-state index in [0.29, 0.717) is 30.2 Å². The van der Waals surface area contributed by atoms with Crippen molar-refractivity contribution in [3.8, 4) is 17.6 Å². The van der Waals surface area contributed by atoms with Gasteiger partial charge < -0.3 is 14.7 Å². The lowest BCUT2D eigenvalue weighted by atomic mass is 10.1. The molecule has 0 heterocycles. The predicted molar refractivity (Wildman–Crippen MR) is 72.0 cm³/mol. The van der Waals surface area contributed by atoms with E-state index in [1.54, 1.807) is 26.2 Å². The SMILES string of the molecule is COc1cc(C(C)=NO)ccc1OCCCCC#N. The molecule has 0 radical (unpaired) electrons. The van der Waals surface area contributed by atoms with Crippen LogP contribution in [0.1, 0.15) is 31.7 Å². The Morgan fingerprint density at radius 1 is 1.37 bits per heavy atom. The van der Waals surface area contributed by atoms with Crippen molar-refractivity contribution in [3.63, 3.8) is 0 Å². The van der Waals surface area contributed by atoms with E-state index >= 15 is 0 Å². The monoisotopic (exact) mass is 262 g/mol. The molecule has 0 saturated carbocycles. The maximum atomic E-state index is 8.73. The Kier molecular flexibility index (Phi) is 6.23. The van der Waals surface area contributed by atoms with Crippen molar-refractivity contribution in [1.29, 1.82) is 5.26 Å². The number of unbranched alkanes of at least 4 members (excludes halogenated alkanes) is 2. The molecule has 1 aromatic carbocycles. The molecule has 0 aliphatic heterocycles. The maximum absolute atomic E-state index is 8.73. The molecule has 1 rings (SSSR count). The fourth-order valence-electron chi connectivity index (χ4n) is 1.56. The fraction of sp³-hybridized carbons (Fsp3) is 0.429. The second kappa shape index (κ2) is 7.98. The van der Waals surface area contributed by atoms with Crippen LogP contribution in [0.5, 0.6) is 11.5 Å². The summed E-state index contributed by atoms with van der Waals surface area (Å²) < 4.78 is 10.9. The Morgan fingerprint density at radius 3 is 2.79 bits per heavy atom. The lowest BCUT2D eigenvalue weighted by Gasteiger charge is -2.11. The minimum atomic E-state index is 0.513. The first-order chi connectivity index (χ1) is 9.22. The highest BCUT2D eigenvalue weighted by Gasteiger charge is 2.07. The first-order valence-corrected chi connectivity index (χ1v) is 6.09. The second-order valence-electron chi connectivity index (χ2n) is 4.01. The highest BCUT2D eigenvalue weighted by Crippen LogP contribution is 2.28. The van der Waals surface area contributed by atoms with E-state index in [-0.39, 0.29) is 0 Å². The molecule has 5 nitrogen and oxygen atoms in total. The van der Waals surface area contributed by atoms with Crippen LogP contribution in [0.2, 0.25) is 0 Å². The minimum absolute atomic E-state index is 0.513. The summed E-state index contributed by atoms with van der Waals surface area (Å²) in [6, 6.07) is 7.45. The maximum Gasteiger partial charge on any atom is 0.161 e. The smallest absolute Gasteiger partial charge is 0.161 e. The number of nitrogens with zero attached hydrogens (tertiary/aromatic N) is 2. The number of rotatable bonds is 7. The van der Waals surface area contributed by atoms with Crippen LogP contribution in [-0.2, 0) is 0 Å². The van der Waals surface area contributed by atoms with Gasteiger partial charge in [0, 0.05) is 12.0 Å². The van der Waals surface area contributed by atoms with E-state index in [9.17, 15) is 0 Å². The lowest BCUT2D eigenvalue weighted by molar-refractivity contribution is 0.287. The van der Waals surface area contributed by atoms with Crippen LogP contribution in [0.4, 0.5) is 0 Å². The molecule has 0 saturated heterocycles. The molecule has 0 aromatic heterocycles. The summed E-state index contributed by atoms with van der Waals surface area (Å²) in [6.45, 7) is 2.25. The predicted octanol–water partition coefficient (Wildman–Crippen LogP) is 2.97. The number of oxime groups is 1. The fourth-order valence-corrected chi connectivity index (χ4v) is 1.56. The van der Waals surface area contributed by atoms with Crippen molar-refractivity contribution in [1.82, 2.24) is 0 Å². The van der Waals surface area contributed by atoms with Gasteiger partial charge in [-0.25, -0.2) is 0 Å². The van der Waals surface area contributed by atoms with Gasteiger partial charge in [-0.2, -0.15) is 5.26 Å². The zero-order valence-corrected chi connectivity index (χ0v) is 11.2. The molecule has 5 heteroatoms. The summed E-state index contributed by atoms with van der Waals surface area (Å²) in [4.78, 5) is 0. The highest BCUT2D eigenvalue weighted by molar-refractivity contribution is 5.98. The van der Waals surface area contributed by atoms with Crippen LogP contribution >= 0.6 is 0 Å². The molecule has 19 heavy (non-hydrogen) atoms. The summed E-state index contributed by atoms with van der Waals surface area (Å²) >= 11 is 0. The van der Waals surface area contributed by atoms with Crippen LogP contribution in [0.3, 0.4) is 0 Å². The zero-order valence-electron chi connectivity index (χ0n) is 11.2. The molecular weight excluding hydrogens is 244 g/mol. The third-order valence-corrected chi connectivity index (χ3v) is 2.67. The molecular formula is C14H18N2O3. The number of ether oxygens (including phenoxy) is 2. The van der Waals surface area contributed by atoms with Crippen LogP contribution < -0.4 is 9.47 Å². The molecule has 1 aromatic rings. The zero-order chi connectivity index (χ0) is 14.1. The van der Waals surface area contributed by atoms with Crippen molar-refractivity contribution in [2.24, 2.45) is 5.16 Å². The molecule has 0 amide bonds. The molecule has 0 fully saturated rings. The van der Waals surface area contributed by atoms with E-state index in [0.717, 1.165) is 18.4 Å². The number of methoxy groups -OCH3 is 1.